The minimum Gasteiger partial charge on any atom is -0.465 e. The normalized spacial score (nSPS) is 12.4. The molecular formula is C25H29ClF2N6O2. The molecule has 1 aromatic carbocycles. The van der Waals surface area contributed by atoms with Crippen molar-refractivity contribution >= 4 is 29.3 Å². The second-order valence-corrected chi connectivity index (χ2v) is 10.1. The maximum atomic E-state index is 15.3. The predicted molar refractivity (Wildman–Crippen MR) is 135 cm³/mol. The Morgan fingerprint density at radius 3 is 2.42 bits per heavy atom. The summed E-state index contributed by atoms with van der Waals surface area (Å²) in [6, 6.07) is 2.15. The maximum absolute atomic E-state index is 15.3. The van der Waals surface area contributed by atoms with E-state index in [4.69, 9.17) is 11.6 Å². The highest BCUT2D eigenvalue weighted by atomic mass is 35.5. The Bertz CT molecular complexity index is 1320. The molecule has 36 heavy (non-hydrogen) atoms. The van der Waals surface area contributed by atoms with Gasteiger partial charge >= 0.3 is 6.09 Å². The van der Waals surface area contributed by atoms with Crippen LogP contribution in [0.2, 0.25) is 5.15 Å². The molecule has 192 valence electrons. The summed E-state index contributed by atoms with van der Waals surface area (Å²) in [7, 11) is 0. The first-order valence-corrected chi connectivity index (χ1v) is 11.8. The fourth-order valence-corrected chi connectivity index (χ4v) is 3.75. The van der Waals surface area contributed by atoms with Crippen LogP contribution in [-0.2, 0) is 0 Å². The van der Waals surface area contributed by atoms with Crippen molar-refractivity contribution in [3.8, 4) is 23.0 Å². The summed E-state index contributed by atoms with van der Waals surface area (Å²) in [6.07, 6.45) is 0.426. The Kier molecular flexibility index (Phi) is 8.04. The second kappa shape index (κ2) is 10.7. The van der Waals surface area contributed by atoms with Crippen LogP contribution in [0.25, 0.3) is 16.9 Å². The minimum absolute atomic E-state index is 0.0268. The fourth-order valence-electron chi connectivity index (χ4n) is 3.49. The molecule has 2 aromatic heterocycles. The lowest BCUT2D eigenvalue weighted by atomic mass is 10.0. The van der Waals surface area contributed by atoms with E-state index >= 15 is 8.78 Å². The van der Waals surface area contributed by atoms with Crippen molar-refractivity contribution in [2.75, 3.05) is 11.9 Å². The van der Waals surface area contributed by atoms with Crippen molar-refractivity contribution < 1.29 is 18.7 Å². The molecule has 1 atom stereocenters. The number of aromatic nitrogens is 4. The van der Waals surface area contributed by atoms with Gasteiger partial charge in [0.05, 0.1) is 11.1 Å². The van der Waals surface area contributed by atoms with Crippen LogP contribution in [-0.4, -0.2) is 53.8 Å². The zero-order valence-corrected chi connectivity index (χ0v) is 21.8. The molecule has 0 aliphatic carbocycles. The van der Waals surface area contributed by atoms with Crippen LogP contribution in [0.5, 0.6) is 0 Å². The molecule has 3 aromatic rings. The molecule has 8 nitrogen and oxygen atoms in total. The van der Waals surface area contributed by atoms with Crippen molar-refractivity contribution in [1.82, 2.24) is 24.5 Å². The highest BCUT2D eigenvalue weighted by Crippen LogP contribution is 2.38. The van der Waals surface area contributed by atoms with E-state index in [-0.39, 0.29) is 58.4 Å². The van der Waals surface area contributed by atoms with E-state index in [9.17, 15) is 9.90 Å². The molecule has 0 aliphatic rings. The molecule has 2 N–H and O–H groups in total. The molecule has 11 heteroatoms. The zero-order valence-electron chi connectivity index (χ0n) is 21.0. The molecule has 0 saturated carbocycles. The molecule has 0 bridgehead atoms. The molecule has 0 radical (unpaired) electrons. The standard InChI is InChI=1S/C25H29ClF2N6O2/c1-14(2)15(3)31-22-20(21(26)32-23-29-13-30-34(22)23)19-17(27)11-16(12-18(19)28)9-7-8-10-33(24(35)36)25(4,5)6/h11-15,31H,8,10H2,1-6H3,(H,35,36). The molecule has 0 aliphatic heterocycles. The number of anilines is 1. The lowest BCUT2D eigenvalue weighted by Gasteiger charge is -2.32. The van der Waals surface area contributed by atoms with Gasteiger partial charge in [-0.15, -0.1) is 0 Å². The molecule has 0 saturated heterocycles. The number of fused-ring (bicyclic) bond motifs is 1. The summed E-state index contributed by atoms with van der Waals surface area (Å²) in [4.78, 5) is 20.9. The van der Waals surface area contributed by atoms with Gasteiger partial charge in [-0.1, -0.05) is 37.3 Å². The third-order valence-electron chi connectivity index (χ3n) is 5.77. The lowest BCUT2D eigenvalue weighted by molar-refractivity contribution is 0.102. The molecule has 2 heterocycles. The van der Waals surface area contributed by atoms with Crippen LogP contribution in [0.1, 0.15) is 53.5 Å². The summed E-state index contributed by atoms with van der Waals surface area (Å²) in [5.74, 6) is 4.43. The van der Waals surface area contributed by atoms with Gasteiger partial charge < -0.3 is 15.3 Å². The van der Waals surface area contributed by atoms with Gasteiger partial charge in [0.1, 0.15) is 28.9 Å². The van der Waals surface area contributed by atoms with Gasteiger partial charge in [0.15, 0.2) is 0 Å². The number of rotatable bonds is 6. The second-order valence-electron chi connectivity index (χ2n) is 9.75. The lowest BCUT2D eigenvalue weighted by Crippen LogP contribution is -2.45. The number of nitrogens with one attached hydrogen (secondary N) is 1. The Balaban J connectivity index is 1.99. The average Bonchev–Trinajstić information content (AvgIpc) is 3.21. The van der Waals surface area contributed by atoms with E-state index in [2.05, 4.69) is 32.2 Å². The van der Waals surface area contributed by atoms with Crippen LogP contribution in [0.3, 0.4) is 0 Å². The van der Waals surface area contributed by atoms with Crippen molar-refractivity contribution in [2.45, 2.75) is 59.5 Å². The van der Waals surface area contributed by atoms with Crippen molar-refractivity contribution in [3.05, 3.63) is 40.8 Å². The van der Waals surface area contributed by atoms with Crippen molar-refractivity contribution in [2.24, 2.45) is 5.92 Å². The maximum Gasteiger partial charge on any atom is 0.407 e. The number of halogens is 3. The summed E-state index contributed by atoms with van der Waals surface area (Å²) in [5.41, 5.74) is -0.815. The predicted octanol–water partition coefficient (Wildman–Crippen LogP) is 5.70. The largest absolute Gasteiger partial charge is 0.465 e. The van der Waals surface area contributed by atoms with Crippen LogP contribution in [0, 0.1) is 29.4 Å². The molecular weight excluding hydrogens is 490 g/mol. The monoisotopic (exact) mass is 518 g/mol. The van der Waals surface area contributed by atoms with Gasteiger partial charge in [0, 0.05) is 30.1 Å². The quantitative estimate of drug-likeness (QED) is 0.321. The van der Waals surface area contributed by atoms with Gasteiger partial charge in [0.25, 0.3) is 5.78 Å². The number of benzene rings is 1. The number of nitrogens with zero attached hydrogens (tertiary/aromatic N) is 5. The minimum atomic E-state index is -1.06. The highest BCUT2D eigenvalue weighted by molar-refractivity contribution is 6.33. The third-order valence-corrected chi connectivity index (χ3v) is 6.05. The van der Waals surface area contributed by atoms with Crippen LogP contribution in [0.15, 0.2) is 18.5 Å². The van der Waals surface area contributed by atoms with Gasteiger partial charge in [-0.3, -0.25) is 0 Å². The van der Waals surface area contributed by atoms with Gasteiger partial charge in [-0.25, -0.2) is 13.6 Å². The van der Waals surface area contributed by atoms with Crippen molar-refractivity contribution in [1.29, 1.82) is 0 Å². The Hall–Kier alpha value is -3.45. The fraction of sp³-hybridized carbons (Fsp3) is 0.440. The van der Waals surface area contributed by atoms with Gasteiger partial charge in [-0.2, -0.15) is 19.6 Å². The summed E-state index contributed by atoms with van der Waals surface area (Å²) in [6.45, 7) is 11.4. The average molecular weight is 519 g/mol. The Labute approximate surface area is 213 Å². The van der Waals surface area contributed by atoms with E-state index in [0.717, 1.165) is 12.1 Å². The highest BCUT2D eigenvalue weighted by Gasteiger charge is 2.26. The molecule has 0 fully saturated rings. The molecule has 1 amide bonds. The number of carboxylic acid groups (broad SMARTS) is 1. The Morgan fingerprint density at radius 1 is 1.22 bits per heavy atom. The molecule has 3 rings (SSSR count). The van der Waals surface area contributed by atoms with Crippen LogP contribution >= 0.6 is 11.6 Å². The SMILES string of the molecule is CC(C)C(C)Nc1c(-c2c(F)cc(C#CCCN(C(=O)O)C(C)(C)C)cc2F)c(Cl)nc2ncnn12. The topological polar surface area (TPSA) is 95.7 Å². The zero-order chi connectivity index (χ0) is 26.8. The van der Waals surface area contributed by atoms with Gasteiger partial charge in [-0.05, 0) is 45.7 Å². The van der Waals surface area contributed by atoms with Crippen LogP contribution in [0.4, 0.5) is 19.4 Å². The summed E-state index contributed by atoms with van der Waals surface area (Å²) >= 11 is 6.39. The van der Waals surface area contributed by atoms with E-state index in [1.54, 1.807) is 20.8 Å². The molecule has 1 unspecified atom stereocenters. The molecule has 0 spiro atoms. The van der Waals surface area contributed by atoms with E-state index in [0.29, 0.717) is 0 Å². The third kappa shape index (κ3) is 5.85. The van der Waals surface area contributed by atoms with Crippen LogP contribution < -0.4 is 5.32 Å². The first-order chi connectivity index (χ1) is 16.8. The van der Waals surface area contributed by atoms with E-state index in [1.165, 1.54) is 15.7 Å². The smallest absolute Gasteiger partial charge is 0.407 e. The van der Waals surface area contributed by atoms with Crippen molar-refractivity contribution in [3.63, 3.8) is 0 Å². The first kappa shape index (κ1) is 27.1. The summed E-state index contributed by atoms with van der Waals surface area (Å²) in [5, 5.41) is 16.6. The number of carbonyl (C=O) groups is 1. The Morgan fingerprint density at radius 2 is 1.86 bits per heavy atom. The number of hydrogen-bond acceptors (Lipinski definition) is 5. The van der Waals surface area contributed by atoms with Gasteiger partial charge in [0.2, 0.25) is 0 Å². The number of amides is 1. The number of hydrogen-bond donors (Lipinski definition) is 2. The van der Waals surface area contributed by atoms with E-state index < -0.39 is 23.3 Å². The van der Waals surface area contributed by atoms with E-state index in [1.807, 2.05) is 20.8 Å². The summed E-state index contributed by atoms with van der Waals surface area (Å²) < 4.78 is 32.0. The first-order valence-electron chi connectivity index (χ1n) is 11.5.